The number of hydrogen-bond donors (Lipinski definition) is 2. The van der Waals surface area contributed by atoms with Crippen LogP contribution in [0, 0.1) is 13.8 Å². The second-order valence-electron chi connectivity index (χ2n) is 11.9. The highest BCUT2D eigenvalue weighted by Gasteiger charge is 2.20. The molecule has 0 aliphatic carbocycles. The molecule has 0 aliphatic heterocycles. The Kier molecular flexibility index (Phi) is 22.2. The summed E-state index contributed by atoms with van der Waals surface area (Å²) < 4.78 is 24.1. The number of nitrogens with zero attached hydrogens (tertiary/aromatic N) is 1. The molecular formula is C35H60N2O6PS+. The molecule has 2 aromatic rings. The van der Waals surface area contributed by atoms with Crippen molar-refractivity contribution in [3.63, 3.8) is 0 Å². The van der Waals surface area contributed by atoms with Gasteiger partial charge in [0.25, 0.3) is 0 Å². The van der Waals surface area contributed by atoms with Crippen LogP contribution in [0.3, 0.4) is 0 Å². The first-order chi connectivity index (χ1) is 21.9. The van der Waals surface area contributed by atoms with Gasteiger partial charge in [-0.05, 0) is 25.5 Å². The Morgan fingerprint density at radius 1 is 0.889 bits per heavy atom. The minimum atomic E-state index is -2.18. The molecule has 0 saturated heterocycles. The molecule has 0 aliphatic rings. The number of aromatic nitrogens is 1. The zero-order valence-corrected chi connectivity index (χ0v) is 30.1. The van der Waals surface area contributed by atoms with Crippen LogP contribution in [0.5, 0.6) is 5.75 Å². The van der Waals surface area contributed by atoms with Gasteiger partial charge in [-0.3, -0.25) is 4.52 Å². The van der Waals surface area contributed by atoms with Crippen molar-refractivity contribution >= 4 is 26.0 Å². The summed E-state index contributed by atoms with van der Waals surface area (Å²) in [5.74, 6) is 0.570. The van der Waals surface area contributed by atoms with Gasteiger partial charge in [0.15, 0.2) is 12.2 Å². The predicted octanol–water partition coefficient (Wildman–Crippen LogP) is 9.32. The van der Waals surface area contributed by atoms with Crippen molar-refractivity contribution in [2.45, 2.75) is 136 Å². The molecule has 8 nitrogen and oxygen atoms in total. The molecule has 1 aromatic heterocycles. The zero-order valence-electron chi connectivity index (χ0n) is 28.4. The molecule has 1 amide bonds. The monoisotopic (exact) mass is 667 g/mol. The minimum absolute atomic E-state index is 0.0223. The first-order valence-corrected chi connectivity index (χ1v) is 19.2. The lowest BCUT2D eigenvalue weighted by molar-refractivity contribution is -0.689. The standard InChI is InChI=1S/C35H59N2O6PS/c1-5-6-7-8-9-10-11-12-13-14-15-16-17-18-19-22-25-36-35(38)41-27-33(40-4)28-42-44(39)43-34-24-21-20-23-32(34)26-37-29-45-31(3)30(37)2/h20-21,23-24,29,33,39H,5-19,22,25-28H2,1-4H3/p+1. The number of amides is 1. The van der Waals surface area contributed by atoms with E-state index in [0.717, 1.165) is 18.4 Å². The smallest absolute Gasteiger partial charge is 0.407 e. The lowest BCUT2D eigenvalue weighted by Gasteiger charge is -2.18. The summed E-state index contributed by atoms with van der Waals surface area (Å²) >= 11 is 1.70. The third-order valence-electron chi connectivity index (χ3n) is 8.19. The van der Waals surface area contributed by atoms with Crippen molar-refractivity contribution in [2.24, 2.45) is 0 Å². The maximum absolute atomic E-state index is 12.1. The minimum Gasteiger partial charge on any atom is -0.447 e. The van der Waals surface area contributed by atoms with Gasteiger partial charge in [-0.1, -0.05) is 127 Å². The third kappa shape index (κ3) is 18.2. The van der Waals surface area contributed by atoms with Crippen LogP contribution < -0.4 is 14.4 Å². The van der Waals surface area contributed by atoms with E-state index in [1.54, 1.807) is 11.3 Å². The van der Waals surface area contributed by atoms with Crippen LogP contribution in [-0.2, 0) is 20.5 Å². The van der Waals surface area contributed by atoms with Crippen molar-refractivity contribution in [1.29, 1.82) is 0 Å². The van der Waals surface area contributed by atoms with Gasteiger partial charge in [-0.15, -0.1) is 0 Å². The van der Waals surface area contributed by atoms with Gasteiger partial charge in [0.1, 0.15) is 18.5 Å². The molecule has 2 rings (SSSR count). The van der Waals surface area contributed by atoms with Crippen LogP contribution >= 0.6 is 19.9 Å². The van der Waals surface area contributed by atoms with Crippen LogP contribution in [0.25, 0.3) is 0 Å². The summed E-state index contributed by atoms with van der Waals surface area (Å²) in [4.78, 5) is 23.8. The lowest BCUT2D eigenvalue weighted by atomic mass is 10.0. The van der Waals surface area contributed by atoms with E-state index in [4.69, 9.17) is 18.5 Å². The van der Waals surface area contributed by atoms with Gasteiger partial charge in [0.05, 0.1) is 17.0 Å². The Balaban J connectivity index is 1.47. The van der Waals surface area contributed by atoms with Gasteiger partial charge in [-0.25, -0.2) is 4.79 Å². The molecule has 1 aromatic carbocycles. The molecule has 0 radical (unpaired) electrons. The number of methoxy groups -OCH3 is 1. The number of carbonyl (C=O) groups excluding carboxylic acids is 1. The summed E-state index contributed by atoms with van der Waals surface area (Å²) in [6.07, 6.45) is 20.2. The molecule has 0 fully saturated rings. The molecule has 0 bridgehead atoms. The molecule has 256 valence electrons. The molecule has 2 N–H and O–H groups in total. The second-order valence-corrected chi connectivity index (χ2v) is 13.9. The fourth-order valence-electron chi connectivity index (χ4n) is 5.10. The number of hydrogen-bond acceptors (Lipinski definition) is 7. The lowest BCUT2D eigenvalue weighted by Crippen LogP contribution is -2.35. The van der Waals surface area contributed by atoms with Crippen molar-refractivity contribution in [3.05, 3.63) is 45.9 Å². The molecule has 2 atom stereocenters. The summed E-state index contributed by atoms with van der Waals surface area (Å²) in [7, 11) is -0.666. The molecule has 10 heteroatoms. The Hall–Kier alpha value is -1.77. The number of rotatable bonds is 27. The maximum atomic E-state index is 12.1. The average Bonchev–Trinajstić information content (AvgIpc) is 3.35. The topological polar surface area (TPSA) is 90.1 Å². The largest absolute Gasteiger partial charge is 0.447 e. The van der Waals surface area contributed by atoms with Crippen LogP contribution in [0.2, 0.25) is 0 Å². The van der Waals surface area contributed by atoms with Crippen LogP contribution in [-0.4, -0.2) is 44.0 Å². The van der Waals surface area contributed by atoms with E-state index in [2.05, 4.69) is 36.2 Å². The fourth-order valence-corrected chi connectivity index (χ4v) is 6.60. The van der Waals surface area contributed by atoms with E-state index in [9.17, 15) is 9.69 Å². The van der Waals surface area contributed by atoms with Crippen LogP contribution in [0.4, 0.5) is 4.79 Å². The number of thiazole rings is 1. The predicted molar refractivity (Wildman–Crippen MR) is 185 cm³/mol. The van der Waals surface area contributed by atoms with E-state index in [0.29, 0.717) is 18.8 Å². The van der Waals surface area contributed by atoms with Gasteiger partial charge in [-0.2, -0.15) is 4.57 Å². The van der Waals surface area contributed by atoms with Crippen LogP contribution in [0.1, 0.15) is 126 Å². The SMILES string of the molecule is CCCCCCCCCCCCCCCCCCNC(=O)OCC(COP(O)Oc1ccccc1C[n+]1csc(C)c1C)OC. The molecule has 0 saturated carbocycles. The highest BCUT2D eigenvalue weighted by molar-refractivity contribution is 7.41. The van der Waals surface area contributed by atoms with E-state index in [-0.39, 0.29) is 13.2 Å². The summed E-state index contributed by atoms with van der Waals surface area (Å²) in [6, 6.07) is 7.60. The molecule has 1 heterocycles. The number of aryl methyl sites for hydroxylation is 1. The first-order valence-electron chi connectivity index (χ1n) is 17.2. The second kappa shape index (κ2) is 25.3. The number of carbonyl (C=O) groups is 1. The number of para-hydroxylation sites is 1. The van der Waals surface area contributed by atoms with Gasteiger partial charge >= 0.3 is 14.7 Å². The van der Waals surface area contributed by atoms with Gasteiger partial charge in [0, 0.05) is 20.6 Å². The highest BCUT2D eigenvalue weighted by Crippen LogP contribution is 2.37. The van der Waals surface area contributed by atoms with E-state index in [1.165, 1.54) is 108 Å². The number of benzene rings is 1. The quantitative estimate of drug-likeness (QED) is 0.0561. The maximum Gasteiger partial charge on any atom is 0.407 e. The number of nitrogens with one attached hydrogen (secondary N) is 1. The average molecular weight is 668 g/mol. The van der Waals surface area contributed by atoms with Gasteiger partial charge < -0.3 is 24.2 Å². The normalized spacial score (nSPS) is 12.6. The Morgan fingerprint density at radius 3 is 2.02 bits per heavy atom. The van der Waals surface area contributed by atoms with Crippen molar-refractivity contribution < 1.29 is 32.8 Å². The van der Waals surface area contributed by atoms with Crippen LogP contribution in [0.15, 0.2) is 29.8 Å². The fraction of sp³-hybridized carbons (Fsp3) is 0.714. The molecule has 0 spiro atoms. The number of alkyl carbamates (subject to hydrolysis) is 1. The zero-order chi connectivity index (χ0) is 32.5. The Labute approximate surface area is 278 Å². The Bertz CT molecular complexity index is 1040. The third-order valence-corrected chi connectivity index (χ3v) is 9.92. The molecular weight excluding hydrogens is 607 g/mol. The summed E-state index contributed by atoms with van der Waals surface area (Å²) in [6.45, 7) is 7.76. The highest BCUT2D eigenvalue weighted by atomic mass is 32.1. The van der Waals surface area contributed by atoms with Crippen molar-refractivity contribution in [2.75, 3.05) is 26.9 Å². The van der Waals surface area contributed by atoms with E-state index >= 15 is 0 Å². The van der Waals surface area contributed by atoms with E-state index in [1.807, 2.05) is 24.3 Å². The summed E-state index contributed by atoms with van der Waals surface area (Å²) in [5.41, 5.74) is 4.23. The van der Waals surface area contributed by atoms with Crippen molar-refractivity contribution in [3.8, 4) is 5.75 Å². The number of ether oxygens (including phenoxy) is 2. The molecule has 45 heavy (non-hydrogen) atoms. The van der Waals surface area contributed by atoms with E-state index < -0.39 is 20.8 Å². The van der Waals surface area contributed by atoms with Crippen molar-refractivity contribution in [1.82, 2.24) is 5.32 Å². The first kappa shape index (κ1) is 39.4. The molecule has 2 unspecified atom stereocenters. The Morgan fingerprint density at radius 2 is 1.47 bits per heavy atom. The summed E-state index contributed by atoms with van der Waals surface area (Å²) in [5, 5.41) is 2.81. The number of unbranched alkanes of at least 4 members (excludes halogenated alkanes) is 15. The van der Waals surface area contributed by atoms with Gasteiger partial charge in [0.2, 0.25) is 5.51 Å².